The molecule has 0 aromatic heterocycles. The van der Waals surface area contributed by atoms with Gasteiger partial charge in [-0.05, 0) is 80.6 Å². The average Bonchev–Trinajstić information content (AvgIpc) is 3.35. The normalized spacial score (nSPS) is 15.3. The number of nitrogens with zero attached hydrogens (tertiary/aromatic N) is 3. The molecule has 0 aliphatic carbocycles. The fraction of sp³-hybridized carbons (Fsp3) is 0.194. The van der Waals surface area contributed by atoms with Crippen LogP contribution in [0.5, 0.6) is 5.75 Å². The Morgan fingerprint density at radius 3 is 2.12 bits per heavy atom. The maximum atomic E-state index is 14.2. The Balaban J connectivity index is 1.42. The van der Waals surface area contributed by atoms with Crippen molar-refractivity contribution in [1.29, 1.82) is 0 Å². The van der Waals surface area contributed by atoms with Gasteiger partial charge in [0.2, 0.25) is 5.91 Å². The molecule has 12 nitrogen and oxygen atoms in total. The third kappa shape index (κ3) is 7.61. The minimum absolute atomic E-state index is 0.143. The molecule has 1 aliphatic rings. The van der Waals surface area contributed by atoms with Crippen molar-refractivity contribution in [1.82, 2.24) is 10.6 Å². The molecule has 1 atom stereocenters. The number of hydrazone groups is 1. The number of amidine groups is 1. The van der Waals surface area contributed by atoms with E-state index in [9.17, 15) is 19.2 Å². The second-order valence-electron chi connectivity index (χ2n) is 10.9. The standard InChI is InChI=1S/C36H37N7O5/c1-4-42(5-2)29-21-19-27(20-22-29)40-36(39-25(3)44)34(41-43(35(36)47)30-15-8-6-9-16-30)38-33(46)26-13-12-14-28(23-26)37-32(45)24-48-31-17-10-7-11-18-31/h6-23,40H,4-5,24H2,1-3H3,(H,37,45)(H,39,44)(H,38,41,46). The molecule has 0 radical (unpaired) electrons. The molecule has 246 valence electrons. The van der Waals surface area contributed by atoms with E-state index >= 15 is 0 Å². The number of rotatable bonds is 12. The smallest absolute Gasteiger partial charge is 0.302 e. The van der Waals surface area contributed by atoms with Crippen molar-refractivity contribution in [2.45, 2.75) is 26.4 Å². The Morgan fingerprint density at radius 1 is 0.812 bits per heavy atom. The largest absolute Gasteiger partial charge is 0.484 e. The van der Waals surface area contributed by atoms with Crippen molar-refractivity contribution in [2.75, 3.05) is 40.2 Å². The molecule has 5 rings (SSSR count). The summed E-state index contributed by atoms with van der Waals surface area (Å²) in [4.78, 5) is 55.3. The highest BCUT2D eigenvalue weighted by atomic mass is 16.5. The molecule has 1 unspecified atom stereocenters. The molecule has 0 fully saturated rings. The summed E-state index contributed by atoms with van der Waals surface area (Å²) in [6.07, 6.45) is 0. The van der Waals surface area contributed by atoms with E-state index in [4.69, 9.17) is 4.74 Å². The van der Waals surface area contributed by atoms with Crippen LogP contribution in [0.1, 0.15) is 31.1 Å². The number of carbonyl (C=O) groups is 4. The van der Waals surface area contributed by atoms with Crippen LogP contribution in [0.25, 0.3) is 0 Å². The zero-order valence-electron chi connectivity index (χ0n) is 26.9. The first-order chi connectivity index (χ1) is 23.2. The van der Waals surface area contributed by atoms with Gasteiger partial charge in [0.15, 0.2) is 12.4 Å². The number of benzene rings is 4. The van der Waals surface area contributed by atoms with Crippen LogP contribution in [0.2, 0.25) is 0 Å². The zero-order valence-corrected chi connectivity index (χ0v) is 26.9. The van der Waals surface area contributed by atoms with Crippen LogP contribution in [-0.4, -0.2) is 54.8 Å². The van der Waals surface area contributed by atoms with Crippen molar-refractivity contribution >= 4 is 52.2 Å². The summed E-state index contributed by atoms with van der Waals surface area (Å²) in [7, 11) is 0. The molecule has 0 saturated heterocycles. The molecule has 0 bridgehead atoms. The molecule has 0 saturated carbocycles. The molecule has 48 heavy (non-hydrogen) atoms. The summed E-state index contributed by atoms with van der Waals surface area (Å²) in [5.74, 6) is -1.80. The number of hydrogen-bond donors (Lipinski definition) is 4. The number of nitrogens with one attached hydrogen (secondary N) is 4. The number of amides is 4. The predicted octanol–water partition coefficient (Wildman–Crippen LogP) is 4.58. The van der Waals surface area contributed by atoms with Crippen molar-refractivity contribution in [3.05, 3.63) is 115 Å². The summed E-state index contributed by atoms with van der Waals surface area (Å²) in [5, 5.41) is 17.0. The van der Waals surface area contributed by atoms with Crippen LogP contribution in [0, 0.1) is 0 Å². The van der Waals surface area contributed by atoms with Gasteiger partial charge in [-0.25, -0.2) is 0 Å². The van der Waals surface area contributed by atoms with Gasteiger partial charge in [-0.15, -0.1) is 5.10 Å². The topological polar surface area (TPSA) is 144 Å². The SMILES string of the molecule is CCN(CC)c1ccc(NC2(NC(C)=O)C(=O)N(c3ccccc3)N=C2NC(=O)c2cccc(NC(=O)COc3ccccc3)c2)cc1. The summed E-state index contributed by atoms with van der Waals surface area (Å²) in [6, 6.07) is 31.3. The van der Waals surface area contributed by atoms with Crippen LogP contribution >= 0.6 is 0 Å². The number of anilines is 4. The van der Waals surface area contributed by atoms with Crippen LogP contribution in [0.15, 0.2) is 114 Å². The zero-order chi connectivity index (χ0) is 34.1. The van der Waals surface area contributed by atoms with E-state index < -0.39 is 29.3 Å². The van der Waals surface area contributed by atoms with Gasteiger partial charge < -0.3 is 30.9 Å². The lowest BCUT2D eigenvalue weighted by atomic mass is 10.1. The molecule has 4 N–H and O–H groups in total. The fourth-order valence-corrected chi connectivity index (χ4v) is 5.21. The van der Waals surface area contributed by atoms with E-state index in [-0.39, 0.29) is 18.0 Å². The highest BCUT2D eigenvalue weighted by Gasteiger charge is 2.54. The molecule has 1 aliphatic heterocycles. The summed E-state index contributed by atoms with van der Waals surface area (Å²) in [6.45, 7) is 6.81. The molecule has 12 heteroatoms. The van der Waals surface area contributed by atoms with E-state index in [1.807, 2.05) is 18.2 Å². The molecule has 0 spiro atoms. The number of ether oxygens (including phenoxy) is 1. The molecule has 4 aromatic carbocycles. The highest BCUT2D eigenvalue weighted by Crippen LogP contribution is 2.29. The second kappa shape index (κ2) is 14.9. The average molecular weight is 648 g/mol. The van der Waals surface area contributed by atoms with Gasteiger partial charge >= 0.3 is 5.91 Å². The van der Waals surface area contributed by atoms with Gasteiger partial charge in [0.05, 0.1) is 5.69 Å². The van der Waals surface area contributed by atoms with Crippen molar-refractivity contribution in [3.8, 4) is 5.75 Å². The molecular formula is C36H37N7O5. The summed E-state index contributed by atoms with van der Waals surface area (Å²) < 4.78 is 5.51. The summed E-state index contributed by atoms with van der Waals surface area (Å²) in [5.41, 5.74) is 0.498. The first kappa shape index (κ1) is 33.2. The van der Waals surface area contributed by atoms with E-state index in [0.717, 1.165) is 23.8 Å². The Bertz CT molecular complexity index is 1790. The Labute approximate surface area is 278 Å². The summed E-state index contributed by atoms with van der Waals surface area (Å²) >= 11 is 0. The molecule has 4 aromatic rings. The quantitative estimate of drug-likeness (QED) is 0.165. The lowest BCUT2D eigenvalue weighted by Gasteiger charge is -2.32. The predicted molar refractivity (Wildman–Crippen MR) is 186 cm³/mol. The van der Waals surface area contributed by atoms with Gasteiger partial charge in [-0.3, -0.25) is 19.2 Å². The third-order valence-electron chi connectivity index (χ3n) is 7.51. The fourth-order valence-electron chi connectivity index (χ4n) is 5.21. The van der Waals surface area contributed by atoms with E-state index in [0.29, 0.717) is 22.8 Å². The maximum Gasteiger partial charge on any atom is 0.302 e. The first-order valence-corrected chi connectivity index (χ1v) is 15.5. The number of carbonyl (C=O) groups excluding carboxylic acids is 4. The monoisotopic (exact) mass is 647 g/mol. The van der Waals surface area contributed by atoms with Gasteiger partial charge in [0.25, 0.3) is 17.5 Å². The second-order valence-corrected chi connectivity index (χ2v) is 10.9. The van der Waals surface area contributed by atoms with Crippen LogP contribution < -0.4 is 35.9 Å². The number of hydrogen-bond acceptors (Lipinski definition) is 8. The minimum atomic E-state index is -1.96. The molecule has 4 amide bonds. The van der Waals surface area contributed by atoms with Crippen LogP contribution in [0.4, 0.5) is 22.7 Å². The van der Waals surface area contributed by atoms with Crippen molar-refractivity contribution < 1.29 is 23.9 Å². The Morgan fingerprint density at radius 2 is 1.48 bits per heavy atom. The van der Waals surface area contributed by atoms with Gasteiger partial charge in [-0.2, -0.15) is 5.01 Å². The van der Waals surface area contributed by atoms with E-state index in [1.165, 1.54) is 13.0 Å². The lowest BCUT2D eigenvalue weighted by molar-refractivity contribution is -0.127. The maximum absolute atomic E-state index is 14.2. The number of para-hydroxylation sites is 2. The minimum Gasteiger partial charge on any atom is -0.484 e. The molecular weight excluding hydrogens is 610 g/mol. The third-order valence-corrected chi connectivity index (χ3v) is 7.51. The van der Waals surface area contributed by atoms with Crippen molar-refractivity contribution in [3.63, 3.8) is 0 Å². The van der Waals surface area contributed by atoms with Gasteiger partial charge in [-0.1, -0.05) is 42.5 Å². The Kier molecular flexibility index (Phi) is 10.3. The van der Waals surface area contributed by atoms with Crippen LogP contribution in [-0.2, 0) is 14.4 Å². The van der Waals surface area contributed by atoms with Crippen LogP contribution in [0.3, 0.4) is 0 Å². The first-order valence-electron chi connectivity index (χ1n) is 15.5. The van der Waals surface area contributed by atoms with E-state index in [2.05, 4.69) is 45.1 Å². The van der Waals surface area contributed by atoms with Gasteiger partial charge in [0, 0.05) is 42.6 Å². The highest BCUT2D eigenvalue weighted by molar-refractivity contribution is 6.28. The van der Waals surface area contributed by atoms with Gasteiger partial charge in [0.1, 0.15) is 5.75 Å². The van der Waals surface area contributed by atoms with E-state index in [1.54, 1.807) is 84.9 Å². The Hall–Kier alpha value is -6.17. The van der Waals surface area contributed by atoms with Crippen molar-refractivity contribution in [2.24, 2.45) is 5.10 Å². The lowest BCUT2D eigenvalue weighted by Crippen LogP contribution is -2.67. The molecule has 1 heterocycles.